The zero-order chi connectivity index (χ0) is 23.4. The summed E-state index contributed by atoms with van der Waals surface area (Å²) >= 11 is -1.92. The van der Waals surface area contributed by atoms with E-state index in [0.29, 0.717) is 0 Å². The zero-order valence-corrected chi connectivity index (χ0v) is 25.0. The molecule has 2 aromatic carbocycles. The van der Waals surface area contributed by atoms with Gasteiger partial charge >= 0.3 is 211 Å². The van der Waals surface area contributed by atoms with Gasteiger partial charge in [-0.2, -0.15) is 0 Å². The topological polar surface area (TPSA) is 0 Å². The second-order valence-electron chi connectivity index (χ2n) is 12.4. The van der Waals surface area contributed by atoms with Crippen molar-refractivity contribution in [1.82, 2.24) is 0 Å². The van der Waals surface area contributed by atoms with E-state index in [0.717, 1.165) is 3.63 Å². The molecular weight excluding hydrogens is 492 g/mol. The van der Waals surface area contributed by atoms with E-state index in [1.54, 1.807) is 34.3 Å². The van der Waals surface area contributed by atoms with Gasteiger partial charge in [-0.3, -0.25) is 0 Å². The normalized spacial score (nSPS) is 18.4. The van der Waals surface area contributed by atoms with Gasteiger partial charge in [-0.25, -0.2) is 0 Å². The summed E-state index contributed by atoms with van der Waals surface area (Å²) in [6.07, 6.45) is 13.1. The fraction of sp³-hybridized carbons (Fsp3) is 0.484. The van der Waals surface area contributed by atoms with Crippen LogP contribution in [0.15, 0.2) is 57.9 Å². The second kappa shape index (κ2) is 8.91. The molecule has 1 heterocycles. The van der Waals surface area contributed by atoms with E-state index >= 15 is 0 Å². The quantitative estimate of drug-likeness (QED) is 0.339. The Bertz CT molecular complexity index is 1110. The van der Waals surface area contributed by atoms with E-state index in [1.165, 1.54) is 36.8 Å². The van der Waals surface area contributed by atoms with Crippen LogP contribution >= 0.6 is 0 Å². The van der Waals surface area contributed by atoms with Crippen molar-refractivity contribution in [3.05, 3.63) is 80.2 Å². The molecule has 1 saturated heterocycles. The van der Waals surface area contributed by atoms with Gasteiger partial charge < -0.3 is 0 Å². The molecule has 0 nitrogen and oxygen atoms in total. The molecule has 0 N–H and O–H groups in total. The van der Waals surface area contributed by atoms with Gasteiger partial charge in [0.2, 0.25) is 0 Å². The zero-order valence-electron chi connectivity index (χ0n) is 21.5. The van der Waals surface area contributed by atoms with Crippen LogP contribution < -0.4 is 0 Å². The summed E-state index contributed by atoms with van der Waals surface area (Å²) in [5.41, 5.74) is 9.67. The first-order valence-electron chi connectivity index (χ1n) is 13.0. The minimum atomic E-state index is -1.92. The molecule has 1 fully saturated rings. The average molecular weight is 532 g/mol. The van der Waals surface area contributed by atoms with Crippen molar-refractivity contribution >= 4 is 5.43 Å². The number of rotatable bonds is 2. The van der Waals surface area contributed by atoms with Gasteiger partial charge in [0.15, 0.2) is 0 Å². The predicted octanol–water partition coefficient (Wildman–Crippen LogP) is 8.99. The summed E-state index contributed by atoms with van der Waals surface area (Å²) in [6.45, 7) is 14.3. The second-order valence-corrected chi connectivity index (χ2v) is 28.1. The van der Waals surface area contributed by atoms with Crippen molar-refractivity contribution in [2.45, 2.75) is 93.8 Å². The summed E-state index contributed by atoms with van der Waals surface area (Å²) in [5.74, 6) is 0. The Morgan fingerprint density at radius 2 is 1.30 bits per heavy atom. The van der Waals surface area contributed by atoms with Gasteiger partial charge in [0, 0.05) is 0 Å². The molecule has 33 heavy (non-hydrogen) atoms. The molecule has 0 atom stereocenters. The maximum atomic E-state index is 2.64. The van der Waals surface area contributed by atoms with Gasteiger partial charge in [-0.1, -0.05) is 0 Å². The van der Waals surface area contributed by atoms with Crippen LogP contribution in [0.1, 0.15) is 93.1 Å². The van der Waals surface area contributed by atoms with Crippen LogP contribution in [0.3, 0.4) is 0 Å². The third kappa shape index (κ3) is 4.52. The molecule has 0 unspecified atom stereocenters. The van der Waals surface area contributed by atoms with Gasteiger partial charge in [0.05, 0.1) is 0 Å². The number of allylic oxidation sites excluding steroid dienone is 4. The molecule has 2 aromatic rings. The van der Waals surface area contributed by atoms with E-state index < -0.39 is 20.4 Å². The molecule has 2 heteroatoms. The first kappa shape index (κ1) is 23.7. The van der Waals surface area contributed by atoms with E-state index in [2.05, 4.69) is 96.2 Å². The van der Waals surface area contributed by atoms with Gasteiger partial charge in [-0.15, -0.1) is 0 Å². The van der Waals surface area contributed by atoms with Crippen LogP contribution in [0.25, 0.3) is 11.1 Å². The third-order valence-electron chi connectivity index (χ3n) is 7.99. The molecule has 0 radical (unpaired) electrons. The molecule has 0 amide bonds. The van der Waals surface area contributed by atoms with Crippen LogP contribution in [0.2, 0.25) is 12.1 Å². The monoisotopic (exact) mass is 530 g/mol. The van der Waals surface area contributed by atoms with Gasteiger partial charge in [0.1, 0.15) is 0 Å². The van der Waals surface area contributed by atoms with Crippen LogP contribution in [-0.4, -0.2) is 5.43 Å². The summed E-state index contributed by atoms with van der Waals surface area (Å²) in [4.78, 5) is 0. The van der Waals surface area contributed by atoms with Gasteiger partial charge in [0.25, 0.3) is 0 Å². The first-order chi connectivity index (χ1) is 15.6. The van der Waals surface area contributed by atoms with Gasteiger partial charge in [-0.05, 0) is 0 Å². The molecule has 2 aliphatic carbocycles. The van der Waals surface area contributed by atoms with Crippen LogP contribution in [0.4, 0.5) is 0 Å². The van der Waals surface area contributed by atoms with Crippen LogP contribution in [-0.2, 0) is 31.2 Å². The Morgan fingerprint density at radius 1 is 0.758 bits per heavy atom. The Morgan fingerprint density at radius 3 is 1.76 bits per heavy atom. The molecule has 5 rings (SSSR count). The standard InChI is InChI=1S/C21H25.C5H10Si.C5H5.Zr/c1-20(2,3)16-7-9-18-14(12-16)11-15-13-17(21(4,5)6)8-10-19(15)18;1-2-4-6-5-3-1;1-2-4-5-3-1;/h7-13H,1-6H3;1-5H2;1-3H,4H2;. The molecule has 172 valence electrons. The van der Waals surface area contributed by atoms with Crippen molar-refractivity contribution in [2.75, 3.05) is 0 Å². The van der Waals surface area contributed by atoms with Crippen molar-refractivity contribution in [3.8, 4) is 11.1 Å². The summed E-state index contributed by atoms with van der Waals surface area (Å²) in [7, 11) is 0. The molecule has 0 aromatic heterocycles. The Kier molecular flexibility index (Phi) is 6.41. The first-order valence-corrected chi connectivity index (χ1v) is 21.3. The average Bonchev–Trinajstić information content (AvgIpc) is 3.40. The van der Waals surface area contributed by atoms with Crippen LogP contribution in [0.5, 0.6) is 0 Å². The van der Waals surface area contributed by atoms with Crippen molar-refractivity contribution in [2.24, 2.45) is 0 Å². The molecule has 3 aliphatic rings. The summed E-state index contributed by atoms with van der Waals surface area (Å²) in [6, 6.07) is 18.2. The Labute approximate surface area is 209 Å². The number of fused-ring (bicyclic) bond motifs is 3. The summed E-state index contributed by atoms with van der Waals surface area (Å²) in [5, 5.41) is 0. The predicted molar refractivity (Wildman–Crippen MR) is 142 cm³/mol. The number of hydrogen-bond donors (Lipinski definition) is 0. The van der Waals surface area contributed by atoms with Crippen molar-refractivity contribution < 1.29 is 20.4 Å². The maximum absolute atomic E-state index is 2.64. The van der Waals surface area contributed by atoms with E-state index in [9.17, 15) is 0 Å². The number of benzene rings is 2. The van der Waals surface area contributed by atoms with E-state index in [1.807, 2.05) is 3.28 Å². The molecule has 0 spiro atoms. The van der Waals surface area contributed by atoms with E-state index in [-0.39, 0.29) is 16.3 Å². The Hall–Kier alpha value is -0.980. The molecule has 0 saturated carbocycles. The fourth-order valence-electron chi connectivity index (χ4n) is 6.02. The minimum absolute atomic E-state index is 0.196. The Balaban J connectivity index is 1.78. The van der Waals surface area contributed by atoms with E-state index in [4.69, 9.17) is 0 Å². The third-order valence-corrected chi connectivity index (χ3v) is 29.1. The fourth-order valence-corrected chi connectivity index (χ4v) is 30.0. The van der Waals surface area contributed by atoms with Crippen LogP contribution in [0, 0.1) is 0 Å². The molecule has 1 aliphatic heterocycles. The number of hydrogen-bond acceptors (Lipinski definition) is 0. The summed E-state index contributed by atoms with van der Waals surface area (Å²) < 4.78 is 2.64. The van der Waals surface area contributed by atoms with Crippen molar-refractivity contribution in [1.29, 1.82) is 0 Å². The molecular formula is C31H40SiZr. The SMILES string of the molecule is CC(C)(C)c1ccc2c(c1)[CH]([Zr]([C]1=CC=CC1)=[Si]1CCCCC1)c1cc(C(C)(C)C)ccc1-2. The van der Waals surface area contributed by atoms with Crippen molar-refractivity contribution in [3.63, 3.8) is 0 Å². The molecule has 0 bridgehead atoms.